The Morgan fingerprint density at radius 2 is 1.82 bits per heavy atom. The highest BCUT2D eigenvalue weighted by molar-refractivity contribution is 5.91. The smallest absolute Gasteiger partial charge is 0.289 e. The van der Waals surface area contributed by atoms with Gasteiger partial charge < -0.3 is 14.4 Å². The van der Waals surface area contributed by atoms with Crippen molar-refractivity contribution >= 4 is 11.7 Å². The minimum Gasteiger partial charge on any atom is -0.353 e. The number of hydrogen-bond acceptors (Lipinski definition) is 5. The van der Waals surface area contributed by atoms with Crippen LogP contribution in [0, 0.1) is 13.8 Å². The van der Waals surface area contributed by atoms with E-state index in [1.165, 1.54) is 0 Å². The lowest BCUT2D eigenvalue weighted by Gasteiger charge is -2.35. The quantitative estimate of drug-likeness (QED) is 0.820. The van der Waals surface area contributed by atoms with Crippen LogP contribution in [0.4, 0.5) is 5.82 Å². The lowest BCUT2D eigenvalue weighted by Crippen LogP contribution is -2.49. The second-order valence-corrected chi connectivity index (χ2v) is 5.55. The summed E-state index contributed by atoms with van der Waals surface area (Å²) in [6, 6.07) is 0. The van der Waals surface area contributed by atoms with Gasteiger partial charge in [-0.25, -0.2) is 15.0 Å². The van der Waals surface area contributed by atoms with E-state index in [1.807, 2.05) is 25.8 Å². The van der Waals surface area contributed by atoms with Crippen molar-refractivity contribution < 1.29 is 4.79 Å². The summed E-state index contributed by atoms with van der Waals surface area (Å²) < 4.78 is 1.76. The Balaban J connectivity index is 1.69. The molecule has 0 saturated carbocycles. The molecule has 3 rings (SSSR count). The summed E-state index contributed by atoms with van der Waals surface area (Å²) in [4.78, 5) is 29.2. The molecule has 1 aliphatic heterocycles. The van der Waals surface area contributed by atoms with Crippen molar-refractivity contribution in [3.63, 3.8) is 0 Å². The predicted octanol–water partition coefficient (Wildman–Crippen LogP) is 0.789. The van der Waals surface area contributed by atoms with E-state index in [1.54, 1.807) is 23.3 Å². The van der Waals surface area contributed by atoms with E-state index in [4.69, 9.17) is 0 Å². The molecule has 7 nitrogen and oxygen atoms in total. The maximum atomic E-state index is 12.4. The monoisotopic (exact) mass is 300 g/mol. The fourth-order valence-electron chi connectivity index (χ4n) is 2.68. The van der Waals surface area contributed by atoms with Gasteiger partial charge in [0, 0.05) is 56.9 Å². The fourth-order valence-corrected chi connectivity index (χ4v) is 2.68. The van der Waals surface area contributed by atoms with Crippen LogP contribution in [0.5, 0.6) is 0 Å². The number of amides is 1. The van der Waals surface area contributed by atoms with Crippen LogP contribution < -0.4 is 4.90 Å². The van der Waals surface area contributed by atoms with Gasteiger partial charge in [0.2, 0.25) is 0 Å². The normalized spacial score (nSPS) is 15.2. The van der Waals surface area contributed by atoms with Crippen molar-refractivity contribution in [1.29, 1.82) is 0 Å². The first-order valence-corrected chi connectivity index (χ1v) is 7.37. The van der Waals surface area contributed by atoms with Gasteiger partial charge >= 0.3 is 0 Å². The molecule has 1 amide bonds. The molecule has 0 bridgehead atoms. The number of nitrogens with zero attached hydrogens (tertiary/aromatic N) is 6. The Kier molecular flexibility index (Phi) is 3.79. The molecular weight excluding hydrogens is 280 g/mol. The Morgan fingerprint density at radius 3 is 2.45 bits per heavy atom. The molecule has 0 aromatic carbocycles. The molecule has 3 heterocycles. The molecule has 116 valence electrons. The average Bonchev–Trinajstić information content (AvgIpc) is 2.96. The predicted molar refractivity (Wildman–Crippen MR) is 82.8 cm³/mol. The first-order valence-electron chi connectivity index (χ1n) is 7.37. The van der Waals surface area contributed by atoms with Crippen LogP contribution in [0.25, 0.3) is 0 Å². The van der Waals surface area contributed by atoms with Crippen LogP contribution in [0.3, 0.4) is 0 Å². The van der Waals surface area contributed by atoms with E-state index < -0.39 is 0 Å². The topological polar surface area (TPSA) is 67.2 Å². The minimum absolute atomic E-state index is 0.0114. The van der Waals surface area contributed by atoms with Crippen molar-refractivity contribution in [1.82, 2.24) is 24.4 Å². The largest absolute Gasteiger partial charge is 0.353 e. The molecule has 7 heteroatoms. The summed E-state index contributed by atoms with van der Waals surface area (Å²) in [5.41, 5.74) is 2.10. The third-order valence-corrected chi connectivity index (χ3v) is 4.19. The highest BCUT2D eigenvalue weighted by Crippen LogP contribution is 2.20. The van der Waals surface area contributed by atoms with Crippen LogP contribution in [0.2, 0.25) is 0 Å². The van der Waals surface area contributed by atoms with E-state index in [0.29, 0.717) is 18.9 Å². The van der Waals surface area contributed by atoms with Gasteiger partial charge in [0.15, 0.2) is 5.82 Å². The summed E-state index contributed by atoms with van der Waals surface area (Å²) in [5.74, 6) is 1.45. The number of anilines is 1. The first-order chi connectivity index (χ1) is 10.6. The molecule has 22 heavy (non-hydrogen) atoms. The van der Waals surface area contributed by atoms with Gasteiger partial charge in [0.25, 0.3) is 5.91 Å². The van der Waals surface area contributed by atoms with Gasteiger partial charge in [0.05, 0.1) is 0 Å². The summed E-state index contributed by atoms with van der Waals surface area (Å²) in [5, 5.41) is 0. The molecule has 0 radical (unpaired) electrons. The van der Waals surface area contributed by atoms with E-state index in [2.05, 4.69) is 19.9 Å². The molecule has 2 aromatic rings. The van der Waals surface area contributed by atoms with Crippen molar-refractivity contribution in [3.05, 3.63) is 35.8 Å². The van der Waals surface area contributed by atoms with Gasteiger partial charge in [-0.3, -0.25) is 4.79 Å². The lowest BCUT2D eigenvalue weighted by molar-refractivity contribution is 0.0730. The highest BCUT2D eigenvalue weighted by Gasteiger charge is 2.25. The van der Waals surface area contributed by atoms with E-state index >= 15 is 0 Å². The molecule has 1 fully saturated rings. The zero-order valence-electron chi connectivity index (χ0n) is 13.2. The molecule has 2 aromatic heterocycles. The molecule has 0 spiro atoms. The Labute approximate surface area is 129 Å². The van der Waals surface area contributed by atoms with Crippen molar-refractivity contribution in [2.24, 2.45) is 7.05 Å². The van der Waals surface area contributed by atoms with E-state index in [0.717, 1.165) is 30.2 Å². The Morgan fingerprint density at radius 1 is 1.09 bits per heavy atom. The van der Waals surface area contributed by atoms with Crippen LogP contribution >= 0.6 is 0 Å². The molecule has 0 N–H and O–H groups in total. The number of aromatic nitrogens is 4. The number of imidazole rings is 1. The number of carbonyl (C=O) groups is 1. The summed E-state index contributed by atoms with van der Waals surface area (Å²) in [6.07, 6.45) is 5.04. The van der Waals surface area contributed by atoms with Gasteiger partial charge in [-0.15, -0.1) is 0 Å². The van der Waals surface area contributed by atoms with Crippen LogP contribution in [-0.2, 0) is 7.05 Å². The maximum absolute atomic E-state index is 12.4. The molecular formula is C15H20N6O. The summed E-state index contributed by atoms with van der Waals surface area (Å²) in [7, 11) is 1.84. The Hall–Kier alpha value is -2.44. The van der Waals surface area contributed by atoms with Gasteiger partial charge in [-0.2, -0.15) is 0 Å². The van der Waals surface area contributed by atoms with Gasteiger partial charge in [-0.1, -0.05) is 0 Å². The number of piperazine rings is 1. The van der Waals surface area contributed by atoms with Gasteiger partial charge in [0.1, 0.15) is 12.1 Å². The number of rotatable bonds is 2. The number of carbonyl (C=O) groups excluding carboxylic acids is 1. The van der Waals surface area contributed by atoms with E-state index in [9.17, 15) is 4.79 Å². The number of aryl methyl sites for hydroxylation is 2. The second kappa shape index (κ2) is 5.75. The van der Waals surface area contributed by atoms with Crippen molar-refractivity contribution in [3.8, 4) is 0 Å². The third kappa shape index (κ3) is 2.54. The maximum Gasteiger partial charge on any atom is 0.289 e. The lowest BCUT2D eigenvalue weighted by atomic mass is 10.2. The Bertz CT molecular complexity index is 687. The summed E-state index contributed by atoms with van der Waals surface area (Å²) >= 11 is 0. The van der Waals surface area contributed by atoms with Crippen molar-refractivity contribution in [2.75, 3.05) is 31.1 Å². The second-order valence-electron chi connectivity index (χ2n) is 5.55. The fraction of sp³-hybridized carbons (Fsp3) is 0.467. The zero-order chi connectivity index (χ0) is 15.7. The van der Waals surface area contributed by atoms with Crippen LogP contribution in [-0.4, -0.2) is 56.5 Å². The minimum atomic E-state index is -0.0114. The SMILES string of the molecule is Cc1ncnc(N2CCN(C(=O)c3nccn3C)CC2)c1C. The van der Waals surface area contributed by atoms with Crippen LogP contribution in [0.15, 0.2) is 18.7 Å². The average molecular weight is 300 g/mol. The van der Waals surface area contributed by atoms with Crippen molar-refractivity contribution in [2.45, 2.75) is 13.8 Å². The van der Waals surface area contributed by atoms with Gasteiger partial charge in [-0.05, 0) is 13.8 Å². The van der Waals surface area contributed by atoms with E-state index in [-0.39, 0.29) is 5.91 Å². The molecule has 0 atom stereocenters. The molecule has 1 saturated heterocycles. The molecule has 0 unspecified atom stereocenters. The summed E-state index contributed by atoms with van der Waals surface area (Å²) in [6.45, 7) is 6.92. The standard InChI is InChI=1S/C15H20N6O/c1-11-12(2)17-10-18-13(11)20-6-8-21(9-7-20)15(22)14-16-4-5-19(14)3/h4-5,10H,6-9H2,1-3H3. The number of hydrogen-bond donors (Lipinski definition) is 0. The molecule has 0 aliphatic carbocycles. The first kappa shape index (κ1) is 14.5. The molecule has 1 aliphatic rings. The third-order valence-electron chi connectivity index (χ3n) is 4.19. The zero-order valence-corrected chi connectivity index (χ0v) is 13.2. The van der Waals surface area contributed by atoms with Crippen LogP contribution in [0.1, 0.15) is 21.9 Å². The highest BCUT2D eigenvalue weighted by atomic mass is 16.2.